The fourth-order valence-electron chi connectivity index (χ4n) is 5.06. The molecule has 3 aromatic carbocycles. The molecule has 40 heavy (non-hydrogen) atoms. The van der Waals surface area contributed by atoms with Crippen LogP contribution in [0.15, 0.2) is 88.8 Å². The minimum absolute atomic E-state index is 0.0182. The molecule has 1 N–H and O–H groups in total. The summed E-state index contributed by atoms with van der Waals surface area (Å²) in [6, 6.07) is 24.5. The van der Waals surface area contributed by atoms with Gasteiger partial charge in [0, 0.05) is 11.7 Å². The molecule has 7 nitrogen and oxygen atoms in total. The number of para-hydroxylation sites is 2. The largest absolute Gasteiger partial charge is 0.493 e. The minimum Gasteiger partial charge on any atom is -0.493 e. The molecular formula is C32H33N3O4S. The van der Waals surface area contributed by atoms with Gasteiger partial charge >= 0.3 is 0 Å². The first kappa shape index (κ1) is 27.5. The van der Waals surface area contributed by atoms with E-state index < -0.39 is 0 Å². The number of hydrogen-bond donors (Lipinski definition) is 1. The molecule has 2 amide bonds. The van der Waals surface area contributed by atoms with Crippen LogP contribution >= 0.6 is 11.8 Å². The number of thioether (sulfide) groups is 1. The van der Waals surface area contributed by atoms with Gasteiger partial charge in [0.1, 0.15) is 0 Å². The standard InChI is InChI=1S/C32H33N3O4S/c1-22-11-9-10-16-26(22)35-31(37)29(40-32(35)34-25-14-7-4-8-15-25)20-23-17-18-27(28(19-23)38-2)39-21-30(36)33-24-12-5-3-6-13-24/h3-8,12-15,17-20,22,26H,9-11,16,21H2,1-2H3,(H,33,36). The predicted octanol–water partition coefficient (Wildman–Crippen LogP) is 6.90. The number of carbonyl (C=O) groups excluding carboxylic acids is 2. The van der Waals surface area contributed by atoms with Crippen LogP contribution in [0.1, 0.15) is 38.2 Å². The molecule has 8 heteroatoms. The summed E-state index contributed by atoms with van der Waals surface area (Å²) in [7, 11) is 1.55. The van der Waals surface area contributed by atoms with E-state index in [1.54, 1.807) is 13.2 Å². The van der Waals surface area contributed by atoms with Gasteiger partial charge in [0.25, 0.3) is 11.8 Å². The first-order valence-corrected chi connectivity index (χ1v) is 14.4. The first-order chi connectivity index (χ1) is 19.5. The van der Waals surface area contributed by atoms with Gasteiger partial charge in [-0.25, -0.2) is 4.99 Å². The summed E-state index contributed by atoms with van der Waals surface area (Å²) in [6.07, 6.45) is 6.27. The highest BCUT2D eigenvalue weighted by atomic mass is 32.2. The van der Waals surface area contributed by atoms with Crippen molar-refractivity contribution in [2.45, 2.75) is 38.6 Å². The molecule has 5 rings (SSSR count). The molecule has 1 heterocycles. The Hall–Kier alpha value is -4.04. The molecule has 1 saturated heterocycles. The number of ether oxygens (including phenoxy) is 2. The zero-order valence-electron chi connectivity index (χ0n) is 22.7. The number of anilines is 1. The number of nitrogens with zero attached hydrogens (tertiary/aromatic N) is 2. The van der Waals surface area contributed by atoms with E-state index in [1.165, 1.54) is 18.2 Å². The van der Waals surface area contributed by atoms with E-state index in [9.17, 15) is 9.59 Å². The molecule has 0 bridgehead atoms. The van der Waals surface area contributed by atoms with Gasteiger partial charge in [-0.1, -0.05) is 62.2 Å². The number of hydrogen-bond acceptors (Lipinski definition) is 6. The summed E-state index contributed by atoms with van der Waals surface area (Å²) in [6.45, 7) is 2.07. The fourth-order valence-corrected chi connectivity index (χ4v) is 6.10. The Morgan fingerprint density at radius 2 is 1.75 bits per heavy atom. The smallest absolute Gasteiger partial charge is 0.267 e. The van der Waals surface area contributed by atoms with Gasteiger partial charge in [0.15, 0.2) is 23.3 Å². The Bertz CT molecular complexity index is 1410. The molecule has 1 saturated carbocycles. The van der Waals surface area contributed by atoms with Crippen molar-refractivity contribution in [3.05, 3.63) is 89.3 Å². The lowest BCUT2D eigenvalue weighted by atomic mass is 9.85. The summed E-state index contributed by atoms with van der Waals surface area (Å²) >= 11 is 1.41. The zero-order chi connectivity index (χ0) is 27.9. The molecule has 2 unspecified atom stereocenters. The lowest BCUT2D eigenvalue weighted by Crippen LogP contribution is -2.44. The van der Waals surface area contributed by atoms with Crippen LogP contribution < -0.4 is 14.8 Å². The number of methoxy groups -OCH3 is 1. The summed E-state index contributed by atoms with van der Waals surface area (Å²) < 4.78 is 11.3. The Labute approximate surface area is 239 Å². The zero-order valence-corrected chi connectivity index (χ0v) is 23.5. The van der Waals surface area contributed by atoms with Gasteiger partial charge in [-0.15, -0.1) is 0 Å². The van der Waals surface area contributed by atoms with Crippen molar-refractivity contribution in [1.29, 1.82) is 0 Å². The van der Waals surface area contributed by atoms with Crippen LogP contribution in [0, 0.1) is 5.92 Å². The molecule has 2 atom stereocenters. The molecule has 1 aliphatic carbocycles. The predicted molar refractivity (Wildman–Crippen MR) is 161 cm³/mol. The Kier molecular flexibility index (Phi) is 8.86. The number of rotatable bonds is 8. The van der Waals surface area contributed by atoms with Crippen molar-refractivity contribution in [3.63, 3.8) is 0 Å². The van der Waals surface area contributed by atoms with Crippen LogP contribution in [-0.4, -0.2) is 41.6 Å². The van der Waals surface area contributed by atoms with Crippen molar-refractivity contribution >= 4 is 46.2 Å². The highest BCUT2D eigenvalue weighted by Crippen LogP contribution is 2.40. The van der Waals surface area contributed by atoms with Crippen molar-refractivity contribution in [2.75, 3.05) is 19.0 Å². The third-order valence-electron chi connectivity index (χ3n) is 7.12. The van der Waals surface area contributed by atoms with Gasteiger partial charge in [-0.05, 0) is 78.6 Å². The van der Waals surface area contributed by atoms with Gasteiger partial charge in [-0.3, -0.25) is 14.5 Å². The number of aliphatic imine (C=N–C) groups is 1. The van der Waals surface area contributed by atoms with Gasteiger partial charge in [0.2, 0.25) is 0 Å². The Morgan fingerprint density at radius 1 is 1.02 bits per heavy atom. The highest BCUT2D eigenvalue weighted by Gasteiger charge is 2.41. The van der Waals surface area contributed by atoms with Crippen molar-refractivity contribution in [3.8, 4) is 11.5 Å². The minimum atomic E-state index is -0.269. The number of nitrogens with one attached hydrogen (secondary N) is 1. The van der Waals surface area contributed by atoms with E-state index in [0.29, 0.717) is 28.0 Å². The normalized spacial score (nSPS) is 21.1. The molecule has 0 radical (unpaired) electrons. The average molecular weight is 556 g/mol. The second kappa shape index (κ2) is 12.9. The van der Waals surface area contributed by atoms with E-state index in [4.69, 9.17) is 14.5 Å². The van der Waals surface area contributed by atoms with Crippen LogP contribution in [0.2, 0.25) is 0 Å². The molecule has 2 fully saturated rings. The number of amides is 2. The van der Waals surface area contributed by atoms with Crippen molar-refractivity contribution in [2.24, 2.45) is 10.9 Å². The Balaban J connectivity index is 1.35. The summed E-state index contributed by atoms with van der Waals surface area (Å²) in [5, 5.41) is 3.52. The van der Waals surface area contributed by atoms with E-state index >= 15 is 0 Å². The fraction of sp³-hybridized carbons (Fsp3) is 0.281. The molecule has 0 aromatic heterocycles. The van der Waals surface area contributed by atoms with Gasteiger partial charge in [0.05, 0.1) is 17.7 Å². The second-order valence-corrected chi connectivity index (χ2v) is 11.0. The summed E-state index contributed by atoms with van der Waals surface area (Å²) in [5.41, 5.74) is 2.33. The van der Waals surface area contributed by atoms with Crippen molar-refractivity contribution in [1.82, 2.24) is 4.90 Å². The van der Waals surface area contributed by atoms with Crippen LogP contribution in [0.25, 0.3) is 6.08 Å². The average Bonchev–Trinajstić information content (AvgIpc) is 3.27. The van der Waals surface area contributed by atoms with Gasteiger partial charge < -0.3 is 14.8 Å². The van der Waals surface area contributed by atoms with Crippen LogP contribution in [-0.2, 0) is 9.59 Å². The summed E-state index contributed by atoms with van der Waals surface area (Å²) in [5.74, 6) is 1.05. The second-order valence-electron chi connectivity index (χ2n) is 9.96. The maximum Gasteiger partial charge on any atom is 0.267 e. The third-order valence-corrected chi connectivity index (χ3v) is 8.10. The van der Waals surface area contributed by atoms with E-state index in [-0.39, 0.29) is 24.5 Å². The molecule has 1 aliphatic heterocycles. The van der Waals surface area contributed by atoms with E-state index in [0.717, 1.165) is 35.7 Å². The quantitative estimate of drug-likeness (QED) is 0.306. The maximum absolute atomic E-state index is 13.8. The highest BCUT2D eigenvalue weighted by molar-refractivity contribution is 8.18. The summed E-state index contributed by atoms with van der Waals surface area (Å²) in [4.78, 5) is 33.5. The molecule has 3 aromatic rings. The van der Waals surface area contributed by atoms with Crippen LogP contribution in [0.4, 0.5) is 11.4 Å². The van der Waals surface area contributed by atoms with Crippen molar-refractivity contribution < 1.29 is 19.1 Å². The number of benzene rings is 3. The number of amidine groups is 1. The van der Waals surface area contributed by atoms with Crippen LogP contribution in [0.3, 0.4) is 0 Å². The first-order valence-electron chi connectivity index (χ1n) is 13.5. The SMILES string of the molecule is COc1cc(C=C2SC(=Nc3ccccc3)N(C3CCCCC3C)C2=O)ccc1OCC(=O)Nc1ccccc1. The molecular weight excluding hydrogens is 522 g/mol. The van der Waals surface area contributed by atoms with Gasteiger partial charge in [-0.2, -0.15) is 0 Å². The molecule has 0 spiro atoms. The van der Waals surface area contributed by atoms with E-state index in [1.807, 2.05) is 83.8 Å². The lowest BCUT2D eigenvalue weighted by molar-refractivity contribution is -0.125. The topological polar surface area (TPSA) is 80.2 Å². The van der Waals surface area contributed by atoms with E-state index in [2.05, 4.69) is 12.2 Å². The third kappa shape index (κ3) is 6.57. The van der Waals surface area contributed by atoms with Crippen LogP contribution in [0.5, 0.6) is 11.5 Å². The Morgan fingerprint density at radius 3 is 2.48 bits per heavy atom. The monoisotopic (exact) mass is 555 g/mol. The number of carbonyl (C=O) groups is 2. The molecule has 2 aliphatic rings. The molecule has 206 valence electrons. The lowest BCUT2D eigenvalue weighted by Gasteiger charge is -2.35. The maximum atomic E-state index is 13.8.